The molecule has 3 heteroatoms. The van der Waals surface area contributed by atoms with Gasteiger partial charge in [-0.3, -0.25) is 0 Å². The molecule has 1 aromatic carbocycles. The molecule has 0 heterocycles. The smallest absolute Gasteiger partial charge is 0.165 e. The van der Waals surface area contributed by atoms with E-state index in [4.69, 9.17) is 9.84 Å². The largest absolute Gasteiger partial charge is 0.505 e. The van der Waals surface area contributed by atoms with E-state index in [-0.39, 0.29) is 5.75 Å². The van der Waals surface area contributed by atoms with Crippen LogP contribution in [0, 0.1) is 5.82 Å². The number of phenolic OH excluding ortho intramolecular Hbond substituents is 1. The van der Waals surface area contributed by atoms with Crippen LogP contribution >= 0.6 is 0 Å². The fraction of sp³-hybridized carbons (Fsp3) is 0.571. The average Bonchev–Trinajstić information content (AvgIpc) is 2.34. The lowest BCUT2D eigenvalue weighted by Gasteiger charge is -2.28. The van der Waals surface area contributed by atoms with Gasteiger partial charge in [-0.25, -0.2) is 4.39 Å². The van der Waals surface area contributed by atoms with E-state index in [9.17, 15) is 4.39 Å². The minimum Gasteiger partial charge on any atom is -0.505 e. The number of benzene rings is 1. The minimum absolute atomic E-state index is 0.267. The molecule has 1 aliphatic carbocycles. The van der Waals surface area contributed by atoms with Gasteiger partial charge in [-0.2, -0.15) is 0 Å². The Balaban J connectivity index is 1.98. The van der Waals surface area contributed by atoms with Gasteiger partial charge in [0.2, 0.25) is 0 Å². The summed E-state index contributed by atoms with van der Waals surface area (Å²) in [5, 5.41) is 9.16. The highest BCUT2D eigenvalue weighted by Crippen LogP contribution is 2.35. The van der Waals surface area contributed by atoms with E-state index >= 15 is 0 Å². The lowest BCUT2D eigenvalue weighted by molar-refractivity contribution is 0.0328. The van der Waals surface area contributed by atoms with Gasteiger partial charge < -0.3 is 9.84 Å². The molecule has 0 saturated heterocycles. The normalized spacial score (nSPS) is 24.8. The fourth-order valence-corrected chi connectivity index (χ4v) is 2.58. The van der Waals surface area contributed by atoms with Crippen molar-refractivity contribution in [3.05, 3.63) is 29.6 Å². The maximum atomic E-state index is 13.3. The van der Waals surface area contributed by atoms with Crippen LogP contribution in [-0.2, 0) is 4.74 Å². The number of ether oxygens (including phenoxy) is 1. The van der Waals surface area contributed by atoms with Crippen LogP contribution in [0.2, 0.25) is 0 Å². The lowest BCUT2D eigenvalue weighted by atomic mass is 9.82. The predicted octanol–water partition coefficient (Wildman–Crippen LogP) is 3.59. The zero-order valence-electron chi connectivity index (χ0n) is 10.2. The van der Waals surface area contributed by atoms with E-state index in [2.05, 4.69) is 0 Å². The summed E-state index contributed by atoms with van der Waals surface area (Å²) in [5.74, 6) is -0.381. The van der Waals surface area contributed by atoms with Gasteiger partial charge in [0.1, 0.15) is 0 Å². The van der Waals surface area contributed by atoms with Crippen LogP contribution in [0.25, 0.3) is 0 Å². The quantitative estimate of drug-likeness (QED) is 0.872. The number of phenols is 1. The van der Waals surface area contributed by atoms with Crippen molar-refractivity contribution in [3.8, 4) is 5.75 Å². The van der Waals surface area contributed by atoms with Crippen molar-refractivity contribution in [1.82, 2.24) is 0 Å². The van der Waals surface area contributed by atoms with E-state index < -0.39 is 5.82 Å². The highest BCUT2D eigenvalue weighted by atomic mass is 19.1. The zero-order valence-corrected chi connectivity index (χ0v) is 10.2. The van der Waals surface area contributed by atoms with E-state index in [0.717, 1.165) is 37.9 Å². The SMILES string of the molecule is CCO[C@H]1CC[C@H](c2ccc(O)c(F)c2)CC1. The molecule has 0 spiro atoms. The fourth-order valence-electron chi connectivity index (χ4n) is 2.58. The Morgan fingerprint density at radius 1 is 1.29 bits per heavy atom. The van der Waals surface area contributed by atoms with Crippen molar-refractivity contribution in [3.63, 3.8) is 0 Å². The van der Waals surface area contributed by atoms with Gasteiger partial charge >= 0.3 is 0 Å². The summed E-state index contributed by atoms with van der Waals surface area (Å²) >= 11 is 0. The van der Waals surface area contributed by atoms with Crippen molar-refractivity contribution >= 4 is 0 Å². The highest BCUT2D eigenvalue weighted by molar-refractivity contribution is 5.30. The van der Waals surface area contributed by atoms with Gasteiger partial charge in [-0.1, -0.05) is 6.07 Å². The Hall–Kier alpha value is -1.09. The number of rotatable bonds is 3. The molecule has 0 unspecified atom stereocenters. The number of hydrogen-bond acceptors (Lipinski definition) is 2. The van der Waals surface area contributed by atoms with Crippen molar-refractivity contribution in [2.45, 2.75) is 44.6 Å². The molecule has 94 valence electrons. The van der Waals surface area contributed by atoms with Crippen LogP contribution < -0.4 is 0 Å². The molecule has 1 saturated carbocycles. The molecule has 2 nitrogen and oxygen atoms in total. The Bertz CT molecular complexity index is 370. The third kappa shape index (κ3) is 2.97. The van der Waals surface area contributed by atoms with E-state index in [1.807, 2.05) is 13.0 Å². The third-order valence-electron chi connectivity index (χ3n) is 3.52. The monoisotopic (exact) mass is 238 g/mol. The van der Waals surface area contributed by atoms with E-state index in [1.165, 1.54) is 12.1 Å². The van der Waals surface area contributed by atoms with Crippen molar-refractivity contribution in [2.24, 2.45) is 0 Å². The number of aromatic hydroxyl groups is 1. The van der Waals surface area contributed by atoms with Gasteiger partial charge in [-0.15, -0.1) is 0 Å². The zero-order chi connectivity index (χ0) is 12.3. The van der Waals surface area contributed by atoms with Crippen LogP contribution in [-0.4, -0.2) is 17.8 Å². The molecule has 0 bridgehead atoms. The maximum Gasteiger partial charge on any atom is 0.165 e. The van der Waals surface area contributed by atoms with Crippen molar-refractivity contribution in [1.29, 1.82) is 0 Å². The second-order valence-corrected chi connectivity index (χ2v) is 4.64. The summed E-state index contributed by atoms with van der Waals surface area (Å²) in [6, 6.07) is 4.73. The Morgan fingerprint density at radius 2 is 2.00 bits per heavy atom. The molecular weight excluding hydrogens is 219 g/mol. The van der Waals surface area contributed by atoms with Gasteiger partial charge in [-0.05, 0) is 56.2 Å². The summed E-state index contributed by atoms with van der Waals surface area (Å²) in [6.07, 6.45) is 4.53. The summed E-state index contributed by atoms with van der Waals surface area (Å²) in [5.41, 5.74) is 0.996. The molecular formula is C14H19FO2. The molecule has 2 rings (SSSR count). The van der Waals surface area contributed by atoms with Crippen LogP contribution in [0.4, 0.5) is 4.39 Å². The Labute approximate surface area is 101 Å². The second kappa shape index (κ2) is 5.50. The van der Waals surface area contributed by atoms with Gasteiger partial charge in [0.15, 0.2) is 11.6 Å². The van der Waals surface area contributed by atoms with E-state index in [0.29, 0.717) is 12.0 Å². The predicted molar refractivity (Wildman–Crippen MR) is 64.7 cm³/mol. The first kappa shape index (κ1) is 12.4. The highest BCUT2D eigenvalue weighted by Gasteiger charge is 2.23. The number of hydrogen-bond donors (Lipinski definition) is 1. The molecule has 0 amide bonds. The molecule has 0 aromatic heterocycles. The standard InChI is InChI=1S/C14H19FO2/c1-2-17-12-6-3-10(4-7-12)11-5-8-14(16)13(15)9-11/h5,8-10,12,16H,2-4,6-7H2,1H3/t10-,12-. The Morgan fingerprint density at radius 3 is 2.59 bits per heavy atom. The molecule has 1 aliphatic rings. The number of halogens is 1. The first-order chi connectivity index (χ1) is 8.20. The van der Waals surface area contributed by atoms with Crippen molar-refractivity contribution < 1.29 is 14.2 Å². The van der Waals surface area contributed by atoms with Gasteiger partial charge in [0, 0.05) is 6.61 Å². The molecule has 17 heavy (non-hydrogen) atoms. The van der Waals surface area contributed by atoms with Crippen LogP contribution in [0.5, 0.6) is 5.75 Å². The third-order valence-corrected chi connectivity index (χ3v) is 3.52. The summed E-state index contributed by atoms with van der Waals surface area (Å²) in [7, 11) is 0. The van der Waals surface area contributed by atoms with Crippen LogP contribution in [0.1, 0.15) is 44.1 Å². The van der Waals surface area contributed by atoms with Crippen LogP contribution in [0.15, 0.2) is 18.2 Å². The average molecular weight is 238 g/mol. The first-order valence-corrected chi connectivity index (χ1v) is 6.30. The second-order valence-electron chi connectivity index (χ2n) is 4.64. The molecule has 0 aliphatic heterocycles. The molecule has 0 radical (unpaired) electrons. The summed E-state index contributed by atoms with van der Waals surface area (Å²) in [6.45, 7) is 2.78. The Kier molecular flexibility index (Phi) is 4.00. The topological polar surface area (TPSA) is 29.5 Å². The van der Waals surface area contributed by atoms with Crippen molar-refractivity contribution in [2.75, 3.05) is 6.61 Å². The lowest BCUT2D eigenvalue weighted by Crippen LogP contribution is -2.20. The first-order valence-electron chi connectivity index (χ1n) is 6.30. The molecule has 0 atom stereocenters. The van der Waals surface area contributed by atoms with Gasteiger partial charge in [0.05, 0.1) is 6.10 Å². The van der Waals surface area contributed by atoms with Crippen LogP contribution in [0.3, 0.4) is 0 Å². The molecule has 1 aromatic rings. The van der Waals surface area contributed by atoms with E-state index in [1.54, 1.807) is 0 Å². The summed E-state index contributed by atoms with van der Waals surface area (Å²) in [4.78, 5) is 0. The maximum absolute atomic E-state index is 13.3. The van der Waals surface area contributed by atoms with Gasteiger partial charge in [0.25, 0.3) is 0 Å². The molecule has 1 fully saturated rings. The molecule has 1 N–H and O–H groups in total. The summed E-state index contributed by atoms with van der Waals surface area (Å²) < 4.78 is 18.9. The minimum atomic E-state index is -0.519.